The smallest absolute Gasteiger partial charge is 0.317 e. The molecule has 3 unspecified atom stereocenters. The number of hydrogen-bond acceptors (Lipinski definition) is 3. The second kappa shape index (κ2) is 8.74. The molecule has 3 atom stereocenters. The van der Waals surface area contributed by atoms with Gasteiger partial charge in [-0.25, -0.2) is 4.79 Å². The lowest BCUT2D eigenvalue weighted by Crippen LogP contribution is -2.46. The van der Waals surface area contributed by atoms with Crippen LogP contribution in [0.2, 0.25) is 5.02 Å². The molecule has 0 fully saturated rings. The van der Waals surface area contributed by atoms with Crippen LogP contribution in [-0.4, -0.2) is 48.8 Å². The second-order valence-electron chi connectivity index (χ2n) is 5.57. The Morgan fingerprint density at radius 2 is 1.87 bits per heavy atom. The van der Waals surface area contributed by atoms with E-state index in [0.29, 0.717) is 5.02 Å². The highest BCUT2D eigenvalue weighted by Crippen LogP contribution is 2.22. The molecule has 1 aromatic rings. The van der Waals surface area contributed by atoms with Gasteiger partial charge in [-0.2, -0.15) is 0 Å². The zero-order valence-corrected chi connectivity index (χ0v) is 14.5. The Bertz CT molecular complexity index is 535. The lowest BCUT2D eigenvalue weighted by Gasteiger charge is -2.27. The molecule has 0 aromatic heterocycles. The molecule has 128 valence electrons. The molecule has 0 spiro atoms. The summed E-state index contributed by atoms with van der Waals surface area (Å²) in [7, 11) is 3.13. The molecule has 2 amide bonds. The van der Waals surface area contributed by atoms with Crippen molar-refractivity contribution >= 4 is 23.6 Å². The molecule has 23 heavy (non-hydrogen) atoms. The summed E-state index contributed by atoms with van der Waals surface area (Å²) in [4.78, 5) is 24.4. The maximum atomic E-state index is 12.2. The summed E-state index contributed by atoms with van der Waals surface area (Å²) in [6.07, 6.45) is -0.332. The molecule has 0 aliphatic carbocycles. The normalized spacial score (nSPS) is 14.7. The zero-order chi connectivity index (χ0) is 17.6. The Morgan fingerprint density at radius 3 is 2.35 bits per heavy atom. The van der Waals surface area contributed by atoms with E-state index in [9.17, 15) is 9.59 Å². The average molecular weight is 343 g/mol. The Labute approximate surface area is 141 Å². The molecule has 7 heteroatoms. The van der Waals surface area contributed by atoms with Crippen molar-refractivity contribution < 1.29 is 19.4 Å². The number of benzene rings is 1. The van der Waals surface area contributed by atoms with E-state index in [-0.39, 0.29) is 24.7 Å². The fourth-order valence-electron chi connectivity index (χ4n) is 2.23. The van der Waals surface area contributed by atoms with Gasteiger partial charge in [0.15, 0.2) is 0 Å². The van der Waals surface area contributed by atoms with Crippen molar-refractivity contribution in [1.82, 2.24) is 10.2 Å². The Hall–Kier alpha value is -1.79. The molecule has 0 bridgehead atoms. The van der Waals surface area contributed by atoms with Crippen molar-refractivity contribution in [2.45, 2.75) is 26.0 Å². The molecule has 0 saturated heterocycles. The number of carboxylic acids is 1. The fraction of sp³-hybridized carbons (Fsp3) is 0.500. The van der Waals surface area contributed by atoms with Crippen LogP contribution < -0.4 is 5.32 Å². The van der Waals surface area contributed by atoms with Gasteiger partial charge in [0, 0.05) is 25.7 Å². The van der Waals surface area contributed by atoms with Crippen LogP contribution in [0.4, 0.5) is 4.79 Å². The lowest BCUT2D eigenvalue weighted by molar-refractivity contribution is -0.141. The summed E-state index contributed by atoms with van der Waals surface area (Å²) in [5.74, 6) is -1.57. The quantitative estimate of drug-likeness (QED) is 0.798. The van der Waals surface area contributed by atoms with Gasteiger partial charge in [-0.05, 0) is 24.6 Å². The third-order valence-electron chi connectivity index (χ3n) is 3.57. The van der Waals surface area contributed by atoms with Gasteiger partial charge < -0.3 is 20.1 Å². The number of carbonyl (C=O) groups excluding carboxylic acids is 1. The van der Waals surface area contributed by atoms with E-state index in [2.05, 4.69) is 5.32 Å². The second-order valence-corrected chi connectivity index (χ2v) is 6.00. The van der Waals surface area contributed by atoms with Crippen LogP contribution in [0.5, 0.6) is 0 Å². The molecule has 2 N–H and O–H groups in total. The van der Waals surface area contributed by atoms with Gasteiger partial charge in [-0.15, -0.1) is 0 Å². The predicted octanol–water partition coefficient (Wildman–Crippen LogP) is 2.78. The third-order valence-corrected chi connectivity index (χ3v) is 3.83. The van der Waals surface area contributed by atoms with Crippen LogP contribution in [0.3, 0.4) is 0 Å². The van der Waals surface area contributed by atoms with Gasteiger partial charge in [0.1, 0.15) is 6.10 Å². The summed E-state index contributed by atoms with van der Waals surface area (Å²) < 4.78 is 5.47. The number of rotatable bonds is 7. The highest BCUT2D eigenvalue weighted by atomic mass is 35.5. The number of amides is 2. The van der Waals surface area contributed by atoms with Crippen molar-refractivity contribution in [3.8, 4) is 0 Å². The van der Waals surface area contributed by atoms with Crippen molar-refractivity contribution in [1.29, 1.82) is 0 Å². The number of urea groups is 1. The SMILES string of the molecule is COC(c1ccc(Cl)cc1)C(C)NC(=O)N(C)CC(C)C(=O)O. The van der Waals surface area contributed by atoms with E-state index in [1.165, 1.54) is 4.90 Å². The topological polar surface area (TPSA) is 78.9 Å². The van der Waals surface area contributed by atoms with E-state index in [1.54, 1.807) is 33.2 Å². The molecule has 0 saturated carbocycles. The van der Waals surface area contributed by atoms with Gasteiger partial charge in [0.05, 0.1) is 12.0 Å². The van der Waals surface area contributed by atoms with Crippen LogP contribution in [0.25, 0.3) is 0 Å². The highest BCUT2D eigenvalue weighted by molar-refractivity contribution is 6.30. The number of nitrogens with zero attached hydrogens (tertiary/aromatic N) is 1. The lowest BCUT2D eigenvalue weighted by atomic mass is 10.0. The monoisotopic (exact) mass is 342 g/mol. The molecule has 6 nitrogen and oxygen atoms in total. The Morgan fingerprint density at radius 1 is 1.30 bits per heavy atom. The van der Waals surface area contributed by atoms with Gasteiger partial charge in [-0.3, -0.25) is 4.79 Å². The van der Waals surface area contributed by atoms with Crippen LogP contribution in [0, 0.1) is 5.92 Å². The first-order valence-corrected chi connectivity index (χ1v) is 7.66. The van der Waals surface area contributed by atoms with Gasteiger partial charge in [-0.1, -0.05) is 30.7 Å². The van der Waals surface area contributed by atoms with E-state index in [0.717, 1.165) is 5.56 Å². The summed E-state index contributed by atoms with van der Waals surface area (Å²) in [6.45, 7) is 3.52. The van der Waals surface area contributed by atoms with E-state index >= 15 is 0 Å². The van der Waals surface area contributed by atoms with Gasteiger partial charge in [0.25, 0.3) is 0 Å². The molecule has 0 aliphatic rings. The first-order chi connectivity index (χ1) is 10.8. The van der Waals surface area contributed by atoms with Crippen LogP contribution in [0.15, 0.2) is 24.3 Å². The number of aliphatic carboxylic acids is 1. The molecular formula is C16H23ClN2O4. The van der Waals surface area contributed by atoms with E-state index < -0.39 is 11.9 Å². The number of carbonyl (C=O) groups is 2. The van der Waals surface area contributed by atoms with Crippen LogP contribution >= 0.6 is 11.6 Å². The van der Waals surface area contributed by atoms with Crippen LogP contribution in [0.1, 0.15) is 25.5 Å². The van der Waals surface area contributed by atoms with E-state index in [1.807, 2.05) is 19.1 Å². The maximum absolute atomic E-state index is 12.2. The van der Waals surface area contributed by atoms with Crippen molar-refractivity contribution in [3.63, 3.8) is 0 Å². The number of ether oxygens (including phenoxy) is 1. The minimum absolute atomic E-state index is 0.131. The number of halogens is 1. The summed E-state index contributed by atoms with van der Waals surface area (Å²) >= 11 is 5.87. The third kappa shape index (κ3) is 5.73. The molecule has 1 rings (SSSR count). The number of hydrogen-bond donors (Lipinski definition) is 2. The zero-order valence-electron chi connectivity index (χ0n) is 13.7. The Balaban J connectivity index is 2.68. The standard InChI is InChI=1S/C16H23ClN2O4/c1-10(15(20)21)9-19(3)16(22)18-11(2)14(23-4)12-5-7-13(17)8-6-12/h5-8,10-11,14H,9H2,1-4H3,(H,18,22)(H,20,21). The summed E-state index contributed by atoms with van der Waals surface area (Å²) in [5.41, 5.74) is 0.895. The maximum Gasteiger partial charge on any atom is 0.317 e. The summed E-state index contributed by atoms with van der Waals surface area (Å²) in [5, 5.41) is 12.4. The van der Waals surface area contributed by atoms with Gasteiger partial charge >= 0.3 is 12.0 Å². The average Bonchev–Trinajstić information content (AvgIpc) is 2.49. The molecular weight excluding hydrogens is 320 g/mol. The van der Waals surface area contributed by atoms with Crippen molar-refractivity contribution in [3.05, 3.63) is 34.9 Å². The molecule has 0 heterocycles. The molecule has 0 radical (unpaired) electrons. The summed E-state index contributed by atoms with van der Waals surface area (Å²) in [6, 6.07) is 6.57. The van der Waals surface area contributed by atoms with E-state index in [4.69, 9.17) is 21.4 Å². The minimum Gasteiger partial charge on any atom is -0.481 e. The Kier molecular flexibility index (Phi) is 7.32. The highest BCUT2D eigenvalue weighted by Gasteiger charge is 2.23. The number of methoxy groups -OCH3 is 1. The number of nitrogens with one attached hydrogen (secondary N) is 1. The largest absolute Gasteiger partial charge is 0.481 e. The number of carboxylic acid groups (broad SMARTS) is 1. The van der Waals surface area contributed by atoms with Gasteiger partial charge in [0.2, 0.25) is 0 Å². The van der Waals surface area contributed by atoms with Crippen molar-refractivity contribution in [2.75, 3.05) is 20.7 Å². The first kappa shape index (κ1) is 19.3. The fourth-order valence-corrected chi connectivity index (χ4v) is 2.36. The molecule has 0 aliphatic heterocycles. The van der Waals surface area contributed by atoms with Crippen LogP contribution in [-0.2, 0) is 9.53 Å². The first-order valence-electron chi connectivity index (χ1n) is 7.29. The minimum atomic E-state index is -0.936. The predicted molar refractivity (Wildman–Crippen MR) is 88.6 cm³/mol. The van der Waals surface area contributed by atoms with Crippen molar-refractivity contribution in [2.24, 2.45) is 5.92 Å². The molecule has 1 aromatic carbocycles.